The van der Waals surface area contributed by atoms with Crippen LogP contribution in [0.1, 0.15) is 5.69 Å². The van der Waals surface area contributed by atoms with E-state index in [4.69, 9.17) is 14.2 Å². The molecular weight excluding hydrogens is 402 g/mol. The van der Waals surface area contributed by atoms with Crippen LogP contribution < -0.4 is 19.5 Å². The van der Waals surface area contributed by atoms with Gasteiger partial charge in [-0.3, -0.25) is 9.20 Å². The van der Waals surface area contributed by atoms with Crippen molar-refractivity contribution >= 4 is 27.9 Å². The molecule has 7 nitrogen and oxygen atoms in total. The minimum absolute atomic E-state index is 0.108. The zero-order valence-corrected chi connectivity index (χ0v) is 17.1. The predicted molar refractivity (Wildman–Crippen MR) is 115 cm³/mol. The molecule has 1 aliphatic rings. The molecule has 5 rings (SSSR count). The second-order valence-corrected chi connectivity index (χ2v) is 7.66. The van der Waals surface area contributed by atoms with E-state index >= 15 is 0 Å². The second kappa shape index (κ2) is 7.72. The Morgan fingerprint density at radius 1 is 1.20 bits per heavy atom. The Labute approximate surface area is 176 Å². The zero-order chi connectivity index (χ0) is 20.5. The number of rotatable bonds is 5. The average molecular weight is 421 g/mol. The molecule has 1 N–H and O–H groups in total. The number of carbonyl (C=O) groups excluding carboxylic acids is 1. The van der Waals surface area contributed by atoms with E-state index in [2.05, 4.69) is 10.3 Å². The number of benzene rings is 2. The fourth-order valence-electron chi connectivity index (χ4n) is 3.37. The first kappa shape index (κ1) is 18.5. The number of nitrogens with one attached hydrogen (secondary N) is 1. The molecule has 3 heterocycles. The molecule has 152 valence electrons. The average Bonchev–Trinajstić information content (AvgIpc) is 3.36. The van der Waals surface area contributed by atoms with E-state index < -0.39 is 0 Å². The minimum atomic E-state index is -0.108. The highest BCUT2D eigenvalue weighted by molar-refractivity contribution is 7.15. The zero-order valence-electron chi connectivity index (χ0n) is 16.3. The second-order valence-electron chi connectivity index (χ2n) is 6.82. The third kappa shape index (κ3) is 3.57. The van der Waals surface area contributed by atoms with E-state index in [-0.39, 0.29) is 12.3 Å². The number of hydrogen-bond acceptors (Lipinski definition) is 6. The van der Waals surface area contributed by atoms with E-state index in [1.54, 1.807) is 13.2 Å². The SMILES string of the molecule is COc1cccc(-c2cn3c(CC(=O)Nc4ccc5c(c4)OCCO5)csc3n2)c1. The molecule has 0 spiro atoms. The highest BCUT2D eigenvalue weighted by Crippen LogP contribution is 2.32. The first-order valence-corrected chi connectivity index (χ1v) is 10.4. The van der Waals surface area contributed by atoms with Gasteiger partial charge in [0.2, 0.25) is 5.91 Å². The number of imidazole rings is 1. The number of nitrogens with zero attached hydrogens (tertiary/aromatic N) is 2. The van der Waals surface area contributed by atoms with Crippen molar-refractivity contribution in [2.45, 2.75) is 6.42 Å². The van der Waals surface area contributed by atoms with Crippen molar-refractivity contribution in [1.82, 2.24) is 9.38 Å². The van der Waals surface area contributed by atoms with Gasteiger partial charge in [-0.15, -0.1) is 11.3 Å². The van der Waals surface area contributed by atoms with E-state index in [1.807, 2.05) is 52.4 Å². The maximum Gasteiger partial charge on any atom is 0.230 e. The number of hydrogen-bond donors (Lipinski definition) is 1. The van der Waals surface area contributed by atoms with Gasteiger partial charge in [-0.2, -0.15) is 0 Å². The summed E-state index contributed by atoms with van der Waals surface area (Å²) >= 11 is 1.51. The molecule has 0 unspecified atom stereocenters. The van der Waals surface area contributed by atoms with E-state index in [9.17, 15) is 4.79 Å². The number of methoxy groups -OCH3 is 1. The Hall–Kier alpha value is -3.52. The number of amides is 1. The Kier molecular flexibility index (Phi) is 4.76. The molecule has 0 atom stereocenters. The van der Waals surface area contributed by atoms with Crippen molar-refractivity contribution in [3.63, 3.8) is 0 Å². The van der Waals surface area contributed by atoms with Crippen LogP contribution in [0.2, 0.25) is 0 Å². The molecule has 0 saturated carbocycles. The van der Waals surface area contributed by atoms with Gasteiger partial charge in [0.15, 0.2) is 16.5 Å². The third-order valence-corrected chi connectivity index (χ3v) is 5.71. The molecule has 0 radical (unpaired) electrons. The first-order valence-electron chi connectivity index (χ1n) is 9.49. The smallest absolute Gasteiger partial charge is 0.230 e. The molecule has 8 heteroatoms. The van der Waals surface area contributed by atoms with Crippen molar-refractivity contribution in [3.8, 4) is 28.5 Å². The van der Waals surface area contributed by atoms with Crippen LogP contribution in [0.5, 0.6) is 17.2 Å². The molecular formula is C22H19N3O4S. The van der Waals surface area contributed by atoms with Crippen LogP contribution in [0.3, 0.4) is 0 Å². The van der Waals surface area contributed by atoms with Gasteiger partial charge in [0.1, 0.15) is 19.0 Å². The lowest BCUT2D eigenvalue weighted by atomic mass is 10.1. The van der Waals surface area contributed by atoms with Gasteiger partial charge in [-0.05, 0) is 24.3 Å². The highest BCUT2D eigenvalue weighted by atomic mass is 32.1. The molecule has 0 saturated heterocycles. The van der Waals surface area contributed by atoms with Gasteiger partial charge in [0.25, 0.3) is 0 Å². The van der Waals surface area contributed by atoms with E-state index in [0.717, 1.165) is 27.7 Å². The number of ether oxygens (including phenoxy) is 3. The van der Waals surface area contributed by atoms with Crippen molar-refractivity contribution in [2.75, 3.05) is 25.6 Å². The Morgan fingerprint density at radius 2 is 2.07 bits per heavy atom. The summed E-state index contributed by atoms with van der Waals surface area (Å²) in [5.74, 6) is 2.02. The van der Waals surface area contributed by atoms with E-state index in [1.165, 1.54) is 11.3 Å². The number of carbonyl (C=O) groups is 1. The molecule has 1 aliphatic heterocycles. The van der Waals surface area contributed by atoms with Crippen molar-refractivity contribution in [2.24, 2.45) is 0 Å². The fourth-order valence-corrected chi connectivity index (χ4v) is 4.24. The van der Waals surface area contributed by atoms with Crippen LogP contribution in [0.25, 0.3) is 16.2 Å². The number of thiazole rings is 1. The first-order chi connectivity index (χ1) is 14.7. The lowest BCUT2D eigenvalue weighted by Crippen LogP contribution is -2.17. The summed E-state index contributed by atoms with van der Waals surface area (Å²) in [6.45, 7) is 1.04. The summed E-state index contributed by atoms with van der Waals surface area (Å²) in [7, 11) is 1.64. The van der Waals surface area contributed by atoms with Crippen LogP contribution >= 0.6 is 11.3 Å². The van der Waals surface area contributed by atoms with Gasteiger partial charge in [0, 0.05) is 34.6 Å². The molecule has 0 aliphatic carbocycles. The van der Waals surface area contributed by atoms with Gasteiger partial charge < -0.3 is 19.5 Å². The maximum atomic E-state index is 12.6. The maximum absolute atomic E-state index is 12.6. The number of fused-ring (bicyclic) bond motifs is 2. The number of aromatic nitrogens is 2. The van der Waals surface area contributed by atoms with Gasteiger partial charge >= 0.3 is 0 Å². The Balaban J connectivity index is 1.34. The molecule has 0 fully saturated rings. The molecule has 4 aromatic rings. The van der Waals surface area contributed by atoms with Gasteiger partial charge in [0.05, 0.1) is 19.2 Å². The summed E-state index contributed by atoms with van der Waals surface area (Å²) in [5, 5.41) is 4.89. The molecule has 1 amide bonds. The lowest BCUT2D eigenvalue weighted by molar-refractivity contribution is -0.115. The van der Waals surface area contributed by atoms with Crippen LogP contribution in [0.15, 0.2) is 54.0 Å². The minimum Gasteiger partial charge on any atom is -0.497 e. The largest absolute Gasteiger partial charge is 0.497 e. The fraction of sp³-hybridized carbons (Fsp3) is 0.182. The Bertz CT molecular complexity index is 1230. The van der Waals surface area contributed by atoms with Crippen LogP contribution in [-0.4, -0.2) is 35.6 Å². The summed E-state index contributed by atoms with van der Waals surface area (Å²) in [6.07, 6.45) is 2.19. The number of anilines is 1. The van der Waals surface area contributed by atoms with Crippen molar-refractivity contribution < 1.29 is 19.0 Å². The molecule has 0 bridgehead atoms. The molecule has 2 aromatic carbocycles. The molecule has 30 heavy (non-hydrogen) atoms. The Morgan fingerprint density at radius 3 is 2.93 bits per heavy atom. The predicted octanol–water partition coefficient (Wildman–Crippen LogP) is 4.02. The van der Waals surface area contributed by atoms with Gasteiger partial charge in [-0.1, -0.05) is 12.1 Å². The summed E-state index contributed by atoms with van der Waals surface area (Å²) < 4.78 is 18.3. The lowest BCUT2D eigenvalue weighted by Gasteiger charge is -2.19. The van der Waals surface area contributed by atoms with Crippen LogP contribution in [0.4, 0.5) is 5.69 Å². The van der Waals surface area contributed by atoms with Crippen LogP contribution in [-0.2, 0) is 11.2 Å². The summed E-state index contributed by atoms with van der Waals surface area (Å²) in [5.41, 5.74) is 3.37. The highest BCUT2D eigenvalue weighted by Gasteiger charge is 2.15. The van der Waals surface area contributed by atoms with E-state index in [0.29, 0.717) is 30.4 Å². The van der Waals surface area contributed by atoms with Crippen molar-refractivity contribution in [1.29, 1.82) is 0 Å². The summed E-state index contributed by atoms with van der Waals surface area (Å²) in [6, 6.07) is 13.2. The topological polar surface area (TPSA) is 74.1 Å². The quantitative estimate of drug-likeness (QED) is 0.527. The monoisotopic (exact) mass is 421 g/mol. The standard InChI is InChI=1S/C22H19N3O4S/c1-27-17-4-2-3-14(9-17)18-12-25-16(13-30-22(25)24-18)11-21(26)23-15-5-6-19-20(10-15)29-8-7-28-19/h2-6,9-10,12-13H,7-8,11H2,1H3,(H,23,26). The van der Waals surface area contributed by atoms with Gasteiger partial charge in [-0.25, -0.2) is 4.98 Å². The third-order valence-electron chi connectivity index (χ3n) is 4.82. The van der Waals surface area contributed by atoms with Crippen molar-refractivity contribution in [3.05, 3.63) is 59.7 Å². The van der Waals surface area contributed by atoms with Crippen LogP contribution in [0, 0.1) is 0 Å². The molecule has 2 aromatic heterocycles. The normalized spacial score (nSPS) is 12.7. The summed E-state index contributed by atoms with van der Waals surface area (Å²) in [4.78, 5) is 18.1.